The van der Waals surface area contributed by atoms with Crippen molar-refractivity contribution >= 4 is 11.7 Å². The minimum atomic E-state index is -0.0726. The van der Waals surface area contributed by atoms with E-state index in [2.05, 4.69) is 16.3 Å². The van der Waals surface area contributed by atoms with Crippen molar-refractivity contribution in [3.8, 4) is 6.07 Å². The van der Waals surface area contributed by atoms with E-state index in [1.807, 2.05) is 53.4 Å². The molecule has 0 radical (unpaired) electrons. The lowest BCUT2D eigenvalue weighted by molar-refractivity contribution is 0.143. The fourth-order valence-corrected chi connectivity index (χ4v) is 3.17. The molecule has 0 saturated carbocycles. The maximum Gasteiger partial charge on any atom is 0.321 e. The van der Waals surface area contributed by atoms with Gasteiger partial charge in [0.1, 0.15) is 0 Å². The molecule has 1 heterocycles. The average molecular weight is 364 g/mol. The fraction of sp³-hybridized carbons (Fsp3) is 0.333. The number of nitrogens with one attached hydrogen (secondary N) is 1. The molecule has 0 bridgehead atoms. The number of hydrogen-bond donors (Lipinski definition) is 1. The Kier molecular flexibility index (Phi) is 6.42. The van der Waals surface area contributed by atoms with Crippen LogP contribution in [0.1, 0.15) is 16.7 Å². The third kappa shape index (κ3) is 5.07. The summed E-state index contributed by atoms with van der Waals surface area (Å²) in [7, 11) is 1.64. The maximum atomic E-state index is 12.6. The molecular formula is C21H24N4O2. The molecule has 2 amide bonds. The highest BCUT2D eigenvalue weighted by molar-refractivity contribution is 5.90. The van der Waals surface area contributed by atoms with E-state index in [9.17, 15) is 4.79 Å². The number of carbonyl (C=O) groups is 1. The lowest BCUT2D eigenvalue weighted by Crippen LogP contribution is -2.49. The molecule has 0 atom stereocenters. The number of nitriles is 1. The Hall–Kier alpha value is -2.88. The summed E-state index contributed by atoms with van der Waals surface area (Å²) >= 11 is 0. The third-order valence-corrected chi connectivity index (χ3v) is 4.71. The van der Waals surface area contributed by atoms with Crippen molar-refractivity contribution in [2.24, 2.45) is 0 Å². The number of anilines is 1. The molecule has 27 heavy (non-hydrogen) atoms. The van der Waals surface area contributed by atoms with Crippen molar-refractivity contribution in [2.45, 2.75) is 13.2 Å². The number of hydrogen-bond acceptors (Lipinski definition) is 4. The Morgan fingerprint density at radius 3 is 2.48 bits per heavy atom. The molecule has 3 rings (SSSR count). The highest BCUT2D eigenvalue weighted by atomic mass is 16.5. The Labute approximate surface area is 160 Å². The molecule has 1 aliphatic heterocycles. The Morgan fingerprint density at radius 2 is 1.81 bits per heavy atom. The number of urea groups is 1. The van der Waals surface area contributed by atoms with Crippen LogP contribution in [0.2, 0.25) is 0 Å². The number of piperazine rings is 1. The highest BCUT2D eigenvalue weighted by Gasteiger charge is 2.21. The first kappa shape index (κ1) is 18.9. The molecule has 6 heteroatoms. The first-order chi connectivity index (χ1) is 13.2. The van der Waals surface area contributed by atoms with Crippen molar-refractivity contribution in [2.75, 3.05) is 38.6 Å². The van der Waals surface area contributed by atoms with Gasteiger partial charge in [0.15, 0.2) is 0 Å². The van der Waals surface area contributed by atoms with E-state index in [1.54, 1.807) is 7.11 Å². The second-order valence-electron chi connectivity index (χ2n) is 6.59. The molecule has 140 valence electrons. The average Bonchev–Trinajstić information content (AvgIpc) is 2.71. The zero-order valence-corrected chi connectivity index (χ0v) is 15.5. The van der Waals surface area contributed by atoms with Gasteiger partial charge in [0.25, 0.3) is 0 Å². The molecule has 1 aliphatic rings. The van der Waals surface area contributed by atoms with Gasteiger partial charge in [-0.2, -0.15) is 5.26 Å². The van der Waals surface area contributed by atoms with Crippen LogP contribution in [0.5, 0.6) is 0 Å². The number of carbonyl (C=O) groups excluding carboxylic acids is 1. The standard InChI is InChI=1S/C21H24N4O2/c1-27-16-19-4-2-3-5-20(19)23-21(26)25-12-10-24(11-13-25)15-18-8-6-17(14-22)7-9-18/h2-9H,10-13,15-16H2,1H3,(H,23,26). The van der Waals surface area contributed by atoms with E-state index in [-0.39, 0.29) is 6.03 Å². The number of benzene rings is 2. The summed E-state index contributed by atoms with van der Waals surface area (Å²) in [5.74, 6) is 0. The molecule has 0 unspecified atom stereocenters. The molecule has 0 aromatic heterocycles. The van der Waals surface area contributed by atoms with Gasteiger partial charge in [-0.05, 0) is 23.8 Å². The van der Waals surface area contributed by atoms with Crippen LogP contribution in [0.3, 0.4) is 0 Å². The van der Waals surface area contributed by atoms with E-state index in [1.165, 1.54) is 5.56 Å². The normalized spacial score (nSPS) is 14.6. The predicted octanol–water partition coefficient (Wildman–Crippen LogP) is 3.05. The maximum absolute atomic E-state index is 12.6. The summed E-state index contributed by atoms with van der Waals surface area (Å²) in [6.45, 7) is 4.33. The molecule has 6 nitrogen and oxygen atoms in total. The molecule has 0 spiro atoms. The van der Waals surface area contributed by atoms with Gasteiger partial charge in [-0.1, -0.05) is 30.3 Å². The number of rotatable bonds is 5. The summed E-state index contributed by atoms with van der Waals surface area (Å²) in [6, 6.07) is 17.4. The number of methoxy groups -OCH3 is 1. The SMILES string of the molecule is COCc1ccccc1NC(=O)N1CCN(Cc2ccc(C#N)cc2)CC1. The smallest absolute Gasteiger partial charge is 0.321 e. The Balaban J connectivity index is 1.51. The first-order valence-corrected chi connectivity index (χ1v) is 9.04. The van der Waals surface area contributed by atoms with Crippen LogP contribution >= 0.6 is 0 Å². The number of nitrogens with zero attached hydrogens (tertiary/aromatic N) is 3. The summed E-state index contributed by atoms with van der Waals surface area (Å²) in [4.78, 5) is 16.8. The van der Waals surface area contributed by atoms with Crippen molar-refractivity contribution in [3.63, 3.8) is 0 Å². The topological polar surface area (TPSA) is 68.6 Å². The van der Waals surface area contributed by atoms with Crippen molar-refractivity contribution < 1.29 is 9.53 Å². The molecule has 2 aromatic rings. The van der Waals surface area contributed by atoms with E-state index >= 15 is 0 Å². The molecular weight excluding hydrogens is 340 g/mol. The van der Waals surface area contributed by atoms with Crippen LogP contribution < -0.4 is 5.32 Å². The van der Waals surface area contributed by atoms with Gasteiger partial charge < -0.3 is 15.0 Å². The monoisotopic (exact) mass is 364 g/mol. The number of amides is 2. The molecule has 0 aliphatic carbocycles. The summed E-state index contributed by atoms with van der Waals surface area (Å²) in [5.41, 5.74) is 3.62. The minimum Gasteiger partial charge on any atom is -0.380 e. The van der Waals surface area contributed by atoms with E-state index in [0.29, 0.717) is 25.3 Å². The van der Waals surface area contributed by atoms with Crippen molar-refractivity contribution in [1.29, 1.82) is 5.26 Å². The van der Waals surface area contributed by atoms with Gasteiger partial charge in [-0.25, -0.2) is 4.79 Å². The second-order valence-corrected chi connectivity index (χ2v) is 6.59. The summed E-state index contributed by atoms with van der Waals surface area (Å²) < 4.78 is 5.19. The fourth-order valence-electron chi connectivity index (χ4n) is 3.17. The zero-order chi connectivity index (χ0) is 19.1. The van der Waals surface area contributed by atoms with E-state index < -0.39 is 0 Å². The van der Waals surface area contributed by atoms with Crippen LogP contribution in [0, 0.1) is 11.3 Å². The number of ether oxygens (including phenoxy) is 1. The Bertz CT molecular complexity index is 806. The van der Waals surface area contributed by atoms with Crippen LogP contribution in [0.15, 0.2) is 48.5 Å². The van der Waals surface area contributed by atoms with Gasteiger partial charge in [0, 0.05) is 51.1 Å². The van der Waals surface area contributed by atoms with Crippen LogP contribution in [0.25, 0.3) is 0 Å². The van der Waals surface area contributed by atoms with Gasteiger partial charge >= 0.3 is 6.03 Å². The minimum absolute atomic E-state index is 0.0726. The lowest BCUT2D eigenvalue weighted by Gasteiger charge is -2.34. The van der Waals surface area contributed by atoms with E-state index in [4.69, 9.17) is 10.00 Å². The number of para-hydroxylation sites is 1. The highest BCUT2D eigenvalue weighted by Crippen LogP contribution is 2.17. The summed E-state index contributed by atoms with van der Waals surface area (Å²) in [5, 5.41) is 11.9. The predicted molar refractivity (Wildman–Crippen MR) is 104 cm³/mol. The second kappa shape index (κ2) is 9.17. The van der Waals surface area contributed by atoms with Crippen LogP contribution in [-0.2, 0) is 17.9 Å². The van der Waals surface area contributed by atoms with E-state index in [0.717, 1.165) is 30.9 Å². The van der Waals surface area contributed by atoms with Gasteiger partial charge in [-0.3, -0.25) is 4.90 Å². The third-order valence-electron chi connectivity index (χ3n) is 4.71. The quantitative estimate of drug-likeness (QED) is 0.885. The largest absolute Gasteiger partial charge is 0.380 e. The first-order valence-electron chi connectivity index (χ1n) is 9.04. The molecule has 1 fully saturated rings. The zero-order valence-electron chi connectivity index (χ0n) is 15.5. The summed E-state index contributed by atoms with van der Waals surface area (Å²) in [6.07, 6.45) is 0. The Morgan fingerprint density at radius 1 is 1.11 bits per heavy atom. The lowest BCUT2D eigenvalue weighted by atomic mass is 10.1. The molecule has 1 saturated heterocycles. The van der Waals surface area contributed by atoms with Gasteiger partial charge in [0.05, 0.1) is 18.2 Å². The van der Waals surface area contributed by atoms with Gasteiger partial charge in [-0.15, -0.1) is 0 Å². The molecule has 1 N–H and O–H groups in total. The molecule has 2 aromatic carbocycles. The van der Waals surface area contributed by atoms with Crippen molar-refractivity contribution in [1.82, 2.24) is 9.80 Å². The van der Waals surface area contributed by atoms with Crippen LogP contribution in [-0.4, -0.2) is 49.1 Å². The van der Waals surface area contributed by atoms with Crippen LogP contribution in [0.4, 0.5) is 10.5 Å². The van der Waals surface area contributed by atoms with Crippen molar-refractivity contribution in [3.05, 3.63) is 65.2 Å². The van der Waals surface area contributed by atoms with Gasteiger partial charge in [0.2, 0.25) is 0 Å².